The summed E-state index contributed by atoms with van der Waals surface area (Å²) in [6.45, 7) is 5.93. The standard InChI is InChI=1S/C31H32N2O/c1-18-13-22(16-31(5,6)7)14-19(2)28(18)26-15-27(32-17-20(26)3)25-10-8-9-23-24-12-11-21(4)33-30(24)34-29(23)25/h8-15,17H,16H2,1-7H3/i3D3,4D3. The van der Waals surface area contributed by atoms with Gasteiger partial charge in [0.2, 0.25) is 5.71 Å². The van der Waals surface area contributed by atoms with E-state index >= 15 is 0 Å². The Bertz CT molecular complexity index is 1730. The number of hydrogen-bond acceptors (Lipinski definition) is 3. The molecule has 0 amide bonds. The van der Waals surface area contributed by atoms with Crippen LogP contribution in [0, 0.1) is 33.0 Å². The first-order valence-electron chi connectivity index (χ1n) is 14.5. The number of furan rings is 1. The minimum atomic E-state index is -2.36. The number of pyridine rings is 2. The van der Waals surface area contributed by atoms with Crippen molar-refractivity contribution in [3.63, 3.8) is 0 Å². The molecule has 172 valence electrons. The first-order chi connectivity index (χ1) is 18.5. The van der Waals surface area contributed by atoms with E-state index in [9.17, 15) is 0 Å². The molecule has 3 aromatic heterocycles. The van der Waals surface area contributed by atoms with Gasteiger partial charge in [0.05, 0.1) is 5.69 Å². The van der Waals surface area contributed by atoms with Gasteiger partial charge in [-0.1, -0.05) is 45.0 Å². The van der Waals surface area contributed by atoms with Gasteiger partial charge < -0.3 is 4.42 Å². The Labute approximate surface area is 210 Å². The molecule has 0 aliphatic carbocycles. The molecule has 2 aromatic carbocycles. The zero-order chi connectivity index (χ0) is 29.2. The fraction of sp³-hybridized carbons (Fsp3) is 0.290. The van der Waals surface area contributed by atoms with Crippen LogP contribution in [0.15, 0.2) is 59.1 Å². The molecule has 3 heterocycles. The number of aryl methyl sites for hydroxylation is 4. The summed E-state index contributed by atoms with van der Waals surface area (Å²) in [7, 11) is 0. The molecule has 3 nitrogen and oxygen atoms in total. The summed E-state index contributed by atoms with van der Waals surface area (Å²) in [4.78, 5) is 8.84. The summed E-state index contributed by atoms with van der Waals surface area (Å²) in [5, 5.41) is 1.48. The van der Waals surface area contributed by atoms with Crippen LogP contribution < -0.4 is 0 Å². The Balaban J connectivity index is 1.72. The van der Waals surface area contributed by atoms with E-state index in [1.807, 2.05) is 38.1 Å². The molecule has 5 rings (SSSR count). The summed E-state index contributed by atoms with van der Waals surface area (Å²) < 4.78 is 53.9. The molecule has 0 saturated heterocycles. The van der Waals surface area contributed by atoms with Crippen molar-refractivity contribution in [3.05, 3.63) is 82.7 Å². The highest BCUT2D eigenvalue weighted by molar-refractivity contribution is 6.08. The fourth-order valence-corrected chi connectivity index (χ4v) is 4.88. The van der Waals surface area contributed by atoms with Crippen molar-refractivity contribution in [1.82, 2.24) is 9.97 Å². The van der Waals surface area contributed by atoms with Crippen molar-refractivity contribution in [3.8, 4) is 22.4 Å². The number of hydrogen-bond donors (Lipinski definition) is 0. The molecule has 3 heteroatoms. The summed E-state index contributed by atoms with van der Waals surface area (Å²) in [6.07, 6.45) is 2.35. The first kappa shape index (κ1) is 16.2. The molecule has 34 heavy (non-hydrogen) atoms. The van der Waals surface area contributed by atoms with Crippen LogP contribution in [-0.4, -0.2) is 9.97 Å². The van der Waals surface area contributed by atoms with Crippen LogP contribution in [0.4, 0.5) is 0 Å². The third-order valence-electron chi connectivity index (χ3n) is 6.14. The Morgan fingerprint density at radius 2 is 1.68 bits per heavy atom. The van der Waals surface area contributed by atoms with Gasteiger partial charge in [-0.25, -0.2) is 4.98 Å². The lowest BCUT2D eigenvalue weighted by Gasteiger charge is -2.21. The van der Waals surface area contributed by atoms with Crippen molar-refractivity contribution >= 4 is 22.1 Å². The van der Waals surface area contributed by atoms with Crippen LogP contribution in [-0.2, 0) is 6.42 Å². The van der Waals surface area contributed by atoms with Crippen LogP contribution in [0.2, 0.25) is 0 Å². The SMILES string of the molecule is [2H]C([2H])([2H])c1ccc2c(n1)oc1c(-c3cc(-c4c(C)cc(CC(C)(C)C)cc4C)c(C([2H])([2H])[2H])cn3)cccc12. The van der Waals surface area contributed by atoms with Crippen molar-refractivity contribution < 1.29 is 12.6 Å². The molecule has 0 N–H and O–H groups in total. The van der Waals surface area contributed by atoms with E-state index < -0.39 is 13.7 Å². The van der Waals surface area contributed by atoms with Crippen molar-refractivity contribution in [1.29, 1.82) is 0 Å². The predicted molar refractivity (Wildman–Crippen MR) is 142 cm³/mol. The molecule has 0 bridgehead atoms. The molecule has 0 fully saturated rings. The van der Waals surface area contributed by atoms with Crippen LogP contribution >= 0.6 is 0 Å². The smallest absolute Gasteiger partial charge is 0.227 e. The summed E-state index contributed by atoms with van der Waals surface area (Å²) in [5.74, 6) is 0. The van der Waals surface area contributed by atoms with E-state index in [-0.39, 0.29) is 22.4 Å². The Morgan fingerprint density at radius 3 is 2.38 bits per heavy atom. The van der Waals surface area contributed by atoms with Crippen LogP contribution in [0.3, 0.4) is 0 Å². The van der Waals surface area contributed by atoms with Gasteiger partial charge in [0.1, 0.15) is 5.58 Å². The first-order valence-corrected chi connectivity index (χ1v) is 11.5. The van der Waals surface area contributed by atoms with Gasteiger partial charge in [0, 0.05) is 36.5 Å². The lowest BCUT2D eigenvalue weighted by molar-refractivity contribution is 0.411. The van der Waals surface area contributed by atoms with E-state index in [0.717, 1.165) is 28.5 Å². The number of rotatable bonds is 3. The summed E-state index contributed by atoms with van der Waals surface area (Å²) in [5.41, 5.74) is 6.96. The fourth-order valence-electron chi connectivity index (χ4n) is 4.88. The molecule has 0 radical (unpaired) electrons. The largest absolute Gasteiger partial charge is 0.437 e. The highest BCUT2D eigenvalue weighted by Crippen LogP contribution is 2.38. The number of benzene rings is 2. The molecular formula is C31H32N2O. The van der Waals surface area contributed by atoms with Gasteiger partial charge >= 0.3 is 0 Å². The molecule has 0 aliphatic rings. The molecule has 0 saturated carbocycles. The third-order valence-corrected chi connectivity index (χ3v) is 6.14. The van der Waals surface area contributed by atoms with E-state index in [1.165, 1.54) is 17.8 Å². The molecule has 0 spiro atoms. The average Bonchev–Trinajstić information content (AvgIpc) is 3.19. The van der Waals surface area contributed by atoms with E-state index in [0.29, 0.717) is 27.8 Å². The quantitative estimate of drug-likeness (QED) is 0.274. The molecule has 0 unspecified atom stereocenters. The minimum Gasteiger partial charge on any atom is -0.437 e. The van der Waals surface area contributed by atoms with Crippen molar-refractivity contribution in [2.75, 3.05) is 0 Å². The topological polar surface area (TPSA) is 38.9 Å². The summed E-state index contributed by atoms with van der Waals surface area (Å²) >= 11 is 0. The monoisotopic (exact) mass is 454 g/mol. The minimum absolute atomic E-state index is 0.0381. The maximum Gasteiger partial charge on any atom is 0.227 e. The lowest BCUT2D eigenvalue weighted by atomic mass is 9.84. The number of para-hydroxylation sites is 1. The van der Waals surface area contributed by atoms with Gasteiger partial charge in [-0.2, -0.15) is 0 Å². The van der Waals surface area contributed by atoms with E-state index in [2.05, 4.69) is 42.9 Å². The Hall–Kier alpha value is -3.46. The average molecular weight is 455 g/mol. The van der Waals surface area contributed by atoms with Crippen LogP contribution in [0.25, 0.3) is 44.5 Å². The predicted octanol–water partition coefficient (Wildman–Crippen LogP) is 8.53. The molecular weight excluding hydrogens is 416 g/mol. The highest BCUT2D eigenvalue weighted by Gasteiger charge is 2.18. The maximum atomic E-state index is 8.23. The van der Waals surface area contributed by atoms with E-state index in [4.69, 9.17) is 12.6 Å². The van der Waals surface area contributed by atoms with Gasteiger partial charge in [0.25, 0.3) is 0 Å². The zero-order valence-corrected chi connectivity index (χ0v) is 20.2. The highest BCUT2D eigenvalue weighted by atomic mass is 16.3. The van der Waals surface area contributed by atoms with Crippen LogP contribution in [0.1, 0.15) is 56.9 Å². The van der Waals surface area contributed by atoms with E-state index in [1.54, 1.807) is 6.07 Å². The maximum absolute atomic E-state index is 8.23. The second-order valence-electron chi connectivity index (χ2n) is 10.3. The number of nitrogens with zero attached hydrogens (tertiary/aromatic N) is 2. The van der Waals surface area contributed by atoms with Crippen molar-refractivity contribution in [2.45, 2.75) is 54.7 Å². The second kappa shape index (κ2) is 8.09. The number of aromatic nitrogens is 2. The molecule has 0 aliphatic heterocycles. The Kier molecular flexibility index (Phi) is 3.86. The van der Waals surface area contributed by atoms with Gasteiger partial charge in [-0.05, 0) is 97.0 Å². The molecule has 5 aromatic rings. The van der Waals surface area contributed by atoms with Gasteiger partial charge in [-0.15, -0.1) is 0 Å². The summed E-state index contributed by atoms with van der Waals surface area (Å²) in [6, 6.07) is 14.9. The second-order valence-corrected chi connectivity index (χ2v) is 10.3. The normalized spacial score (nSPS) is 15.4. The third kappa shape index (κ3) is 4.00. The Morgan fingerprint density at radius 1 is 0.882 bits per heavy atom. The van der Waals surface area contributed by atoms with Crippen molar-refractivity contribution in [2.24, 2.45) is 5.41 Å². The van der Waals surface area contributed by atoms with Crippen LogP contribution in [0.5, 0.6) is 0 Å². The zero-order valence-electron chi connectivity index (χ0n) is 26.2. The van der Waals surface area contributed by atoms with Gasteiger partial charge in [-0.3, -0.25) is 4.98 Å². The lowest BCUT2D eigenvalue weighted by Crippen LogP contribution is -2.09. The number of fused-ring (bicyclic) bond motifs is 3. The van der Waals surface area contributed by atoms with Gasteiger partial charge in [0.15, 0.2) is 0 Å². The molecule has 0 atom stereocenters.